The Labute approximate surface area is 248 Å². The zero-order valence-electron chi connectivity index (χ0n) is 22.6. The van der Waals surface area contributed by atoms with Crippen molar-refractivity contribution in [3.05, 3.63) is 75.1 Å². The first-order chi connectivity index (χ1) is 19.7. The minimum absolute atomic E-state index is 0.0391. The van der Waals surface area contributed by atoms with E-state index < -0.39 is 17.8 Å². The molecule has 0 fully saturated rings. The normalized spacial score (nSPS) is 11.3. The lowest BCUT2D eigenvalue weighted by Crippen LogP contribution is -2.34. The molecule has 214 valence electrons. The van der Waals surface area contributed by atoms with Gasteiger partial charge in [0.1, 0.15) is 5.82 Å². The lowest BCUT2D eigenvalue weighted by Gasteiger charge is -2.18. The van der Waals surface area contributed by atoms with Crippen molar-refractivity contribution in [2.24, 2.45) is 0 Å². The summed E-state index contributed by atoms with van der Waals surface area (Å²) >= 11 is 12.4. The number of hydrogen-bond donors (Lipinski definition) is 3. The number of nitrogens with one attached hydrogen (secondary N) is 2. The molecular formula is C27H28BCl2FN6O4. The van der Waals surface area contributed by atoms with E-state index in [1.807, 2.05) is 0 Å². The fourth-order valence-corrected chi connectivity index (χ4v) is 4.21. The monoisotopic (exact) mass is 600 g/mol. The summed E-state index contributed by atoms with van der Waals surface area (Å²) in [6, 6.07) is 10.0. The molecule has 3 rings (SSSR count). The zero-order chi connectivity index (χ0) is 29.9. The number of benzene rings is 2. The summed E-state index contributed by atoms with van der Waals surface area (Å²) in [4.78, 5) is 27.5. The number of likely N-dealkylation sites (N-methyl/N-ethyl adjacent to an activating group) is 1. The molecule has 1 aromatic heterocycles. The molecule has 0 aliphatic heterocycles. The summed E-state index contributed by atoms with van der Waals surface area (Å²) in [6.07, 6.45) is 1.14. The fraction of sp³-hybridized carbons (Fsp3) is 0.259. The van der Waals surface area contributed by atoms with Gasteiger partial charge in [0, 0.05) is 36.0 Å². The third-order valence-electron chi connectivity index (χ3n) is 5.91. The summed E-state index contributed by atoms with van der Waals surface area (Å²) in [5, 5.41) is 13.0. The lowest BCUT2D eigenvalue weighted by molar-refractivity contribution is 0.0948. The van der Waals surface area contributed by atoms with Crippen LogP contribution in [0.1, 0.15) is 46.4 Å². The minimum atomic E-state index is -1.22. The van der Waals surface area contributed by atoms with Gasteiger partial charge in [-0.3, -0.25) is 9.59 Å². The Morgan fingerprint density at radius 2 is 1.83 bits per heavy atom. The van der Waals surface area contributed by atoms with Crippen molar-refractivity contribution in [1.29, 1.82) is 0 Å². The SMILES string of the molecule is BOC#C[C@@H](Oc1cc(C(=O)Nc2ccc(C(=O)NCCN(CC)CC)cc2)nnc1N)c1c(Cl)ccc(F)c1Cl. The molecule has 0 saturated heterocycles. The Hall–Kier alpha value is -4.05. The highest BCUT2D eigenvalue weighted by atomic mass is 35.5. The van der Waals surface area contributed by atoms with Gasteiger partial charge in [-0.25, -0.2) is 4.39 Å². The van der Waals surface area contributed by atoms with Crippen LogP contribution in [0.15, 0.2) is 42.5 Å². The van der Waals surface area contributed by atoms with Gasteiger partial charge in [0.25, 0.3) is 11.8 Å². The fourth-order valence-electron chi connectivity index (χ4n) is 3.64. The quantitative estimate of drug-likeness (QED) is 0.173. The van der Waals surface area contributed by atoms with Gasteiger partial charge in [0.05, 0.1) is 16.2 Å². The van der Waals surface area contributed by atoms with Crippen LogP contribution in [-0.4, -0.2) is 61.1 Å². The Morgan fingerprint density at radius 3 is 2.49 bits per heavy atom. The summed E-state index contributed by atoms with van der Waals surface area (Å²) in [6.45, 7) is 7.22. The number of nitrogens with two attached hydrogens (primary N) is 1. The molecule has 2 amide bonds. The molecule has 0 spiro atoms. The number of ether oxygens (including phenoxy) is 1. The summed E-state index contributed by atoms with van der Waals surface area (Å²) in [5.41, 5.74) is 6.69. The molecule has 0 aliphatic rings. The summed E-state index contributed by atoms with van der Waals surface area (Å²) in [7, 11) is 1.33. The molecule has 0 bridgehead atoms. The smallest absolute Gasteiger partial charge is 0.337 e. The maximum absolute atomic E-state index is 14.2. The number of carbonyl (C=O) groups excluding carboxylic acids is 2. The number of anilines is 2. The first kappa shape index (κ1) is 31.5. The molecule has 14 heteroatoms. The molecule has 0 radical (unpaired) electrons. The second-order valence-corrected chi connectivity index (χ2v) is 9.28. The van der Waals surface area contributed by atoms with E-state index in [2.05, 4.69) is 51.6 Å². The topological polar surface area (TPSA) is 132 Å². The molecule has 3 aromatic rings. The molecule has 4 N–H and O–H groups in total. The van der Waals surface area contributed by atoms with Gasteiger partial charge in [-0.15, -0.1) is 10.2 Å². The number of halogens is 3. The van der Waals surface area contributed by atoms with Crippen molar-refractivity contribution in [1.82, 2.24) is 20.4 Å². The molecule has 10 nitrogen and oxygen atoms in total. The van der Waals surface area contributed by atoms with Crippen molar-refractivity contribution in [3.8, 4) is 17.8 Å². The van der Waals surface area contributed by atoms with Crippen molar-refractivity contribution in [2.75, 3.05) is 37.2 Å². The number of amides is 2. The van der Waals surface area contributed by atoms with E-state index in [-0.39, 0.29) is 38.8 Å². The molecule has 0 aliphatic carbocycles. The Balaban J connectivity index is 1.73. The highest BCUT2D eigenvalue weighted by Crippen LogP contribution is 2.36. The molecule has 0 unspecified atom stereocenters. The number of aromatic nitrogens is 2. The number of nitrogens with zero attached hydrogens (tertiary/aromatic N) is 3. The first-order valence-electron chi connectivity index (χ1n) is 12.6. The third kappa shape index (κ3) is 8.47. The number of hydrogen-bond acceptors (Lipinski definition) is 8. The first-order valence-corrected chi connectivity index (χ1v) is 13.3. The molecule has 2 aromatic carbocycles. The summed E-state index contributed by atoms with van der Waals surface area (Å²) in [5.74, 6) is 0.816. The Bertz CT molecular complexity index is 1450. The van der Waals surface area contributed by atoms with Crippen LogP contribution in [0, 0.1) is 17.8 Å². The Kier molecular flexibility index (Phi) is 11.6. The number of rotatable bonds is 11. The maximum Gasteiger partial charge on any atom is 0.337 e. The highest BCUT2D eigenvalue weighted by Gasteiger charge is 2.23. The lowest BCUT2D eigenvalue weighted by atomic mass is 10.1. The van der Waals surface area contributed by atoms with E-state index >= 15 is 0 Å². The number of nitrogen functional groups attached to an aromatic ring is 1. The molecule has 1 heterocycles. The van der Waals surface area contributed by atoms with E-state index in [1.165, 1.54) is 20.2 Å². The van der Waals surface area contributed by atoms with E-state index in [9.17, 15) is 14.0 Å². The predicted octanol–water partition coefficient (Wildman–Crippen LogP) is 3.47. The van der Waals surface area contributed by atoms with Crippen molar-refractivity contribution in [2.45, 2.75) is 20.0 Å². The maximum atomic E-state index is 14.2. The third-order valence-corrected chi connectivity index (χ3v) is 6.62. The van der Waals surface area contributed by atoms with Crippen molar-refractivity contribution in [3.63, 3.8) is 0 Å². The van der Waals surface area contributed by atoms with Gasteiger partial charge in [0.15, 0.2) is 23.4 Å². The van der Waals surface area contributed by atoms with Crippen LogP contribution in [0.25, 0.3) is 0 Å². The molecular weight excluding hydrogens is 573 g/mol. The molecule has 41 heavy (non-hydrogen) atoms. The standard InChI is InChI=1S/C27H28BCl2FN6O4/c1-3-37(4-2)13-12-33-26(38)16-5-7-17(8-6-16)34-27(39)20-15-22(25(32)36-35-20)41-21(11-14-40-28)23-18(29)9-10-19(31)24(23)30/h5-10,15,21H,3-4,12-13,28H2,1-2H3,(H2,32,36)(H,33,38)(H,34,39)/t21-/m1/s1. The summed E-state index contributed by atoms with van der Waals surface area (Å²) < 4.78 is 24.8. The zero-order valence-corrected chi connectivity index (χ0v) is 24.1. The van der Waals surface area contributed by atoms with Crippen LogP contribution >= 0.6 is 23.2 Å². The van der Waals surface area contributed by atoms with Crippen molar-refractivity contribution >= 4 is 54.6 Å². The van der Waals surface area contributed by atoms with Gasteiger partial charge in [-0.2, -0.15) is 0 Å². The van der Waals surface area contributed by atoms with Gasteiger partial charge in [-0.1, -0.05) is 37.0 Å². The van der Waals surface area contributed by atoms with Gasteiger partial charge in [-0.05, 0) is 55.4 Å². The van der Waals surface area contributed by atoms with E-state index in [1.54, 1.807) is 24.3 Å². The largest absolute Gasteiger partial charge is 0.525 e. The van der Waals surface area contributed by atoms with E-state index in [0.29, 0.717) is 17.8 Å². The Morgan fingerprint density at radius 1 is 1.12 bits per heavy atom. The van der Waals surface area contributed by atoms with Gasteiger partial charge >= 0.3 is 8.05 Å². The van der Waals surface area contributed by atoms with E-state index in [0.717, 1.165) is 25.7 Å². The second kappa shape index (κ2) is 15.1. The second-order valence-electron chi connectivity index (χ2n) is 8.50. The predicted molar refractivity (Wildman–Crippen MR) is 158 cm³/mol. The van der Waals surface area contributed by atoms with Crippen LogP contribution in [0.2, 0.25) is 10.0 Å². The molecule has 0 saturated carbocycles. The minimum Gasteiger partial charge on any atom is -0.525 e. The van der Waals surface area contributed by atoms with Gasteiger partial charge < -0.3 is 30.7 Å². The van der Waals surface area contributed by atoms with Crippen LogP contribution in [-0.2, 0) is 4.65 Å². The van der Waals surface area contributed by atoms with Gasteiger partial charge in [0.2, 0.25) is 0 Å². The van der Waals surface area contributed by atoms with E-state index in [4.69, 9.17) is 38.3 Å². The van der Waals surface area contributed by atoms with Crippen molar-refractivity contribution < 1.29 is 23.4 Å². The average molecular weight is 601 g/mol. The highest BCUT2D eigenvalue weighted by molar-refractivity contribution is 6.36. The average Bonchev–Trinajstić information content (AvgIpc) is 2.97. The van der Waals surface area contributed by atoms with Crippen LogP contribution in [0.5, 0.6) is 5.75 Å². The van der Waals surface area contributed by atoms with Crippen LogP contribution in [0.4, 0.5) is 15.9 Å². The molecule has 1 atom stereocenters. The van der Waals surface area contributed by atoms with Crippen LogP contribution < -0.4 is 21.1 Å². The number of carbonyl (C=O) groups is 2. The van der Waals surface area contributed by atoms with Crippen LogP contribution in [0.3, 0.4) is 0 Å².